The second-order valence-corrected chi connectivity index (χ2v) is 6.48. The van der Waals surface area contributed by atoms with Gasteiger partial charge in [0, 0.05) is 17.9 Å². The van der Waals surface area contributed by atoms with E-state index in [1.807, 2.05) is 0 Å². The van der Waals surface area contributed by atoms with Gasteiger partial charge in [-0.05, 0) is 25.1 Å². The molecule has 0 aliphatic heterocycles. The molecule has 0 saturated heterocycles. The highest BCUT2D eigenvalue weighted by molar-refractivity contribution is 7.16. The van der Waals surface area contributed by atoms with E-state index < -0.39 is 23.3 Å². The number of halogens is 1. The number of thiophene rings is 1. The van der Waals surface area contributed by atoms with Crippen molar-refractivity contribution in [3.8, 4) is 5.69 Å². The van der Waals surface area contributed by atoms with Crippen molar-refractivity contribution in [2.45, 2.75) is 6.92 Å². The van der Waals surface area contributed by atoms with E-state index in [4.69, 9.17) is 9.47 Å². The number of methoxy groups -OCH3 is 1. The van der Waals surface area contributed by atoms with Gasteiger partial charge in [0.25, 0.3) is 11.5 Å². The lowest BCUT2D eigenvalue weighted by Crippen LogP contribution is -2.26. The molecule has 8 nitrogen and oxygen atoms in total. The number of benzene rings is 1. The molecule has 0 atom stereocenters. The number of carbonyl (C=O) groups excluding carboxylic acids is 2. The van der Waals surface area contributed by atoms with Crippen LogP contribution < -0.4 is 10.9 Å². The molecule has 10 heteroatoms. The first-order valence-electron chi connectivity index (χ1n) is 8.22. The molecule has 0 spiro atoms. The Morgan fingerprint density at radius 3 is 2.82 bits per heavy atom. The summed E-state index contributed by atoms with van der Waals surface area (Å²) in [5.41, 5.74) is -0.579. The van der Waals surface area contributed by atoms with Crippen molar-refractivity contribution in [1.82, 2.24) is 9.78 Å². The Morgan fingerprint density at radius 1 is 1.36 bits per heavy atom. The van der Waals surface area contributed by atoms with Gasteiger partial charge in [-0.3, -0.25) is 9.59 Å². The van der Waals surface area contributed by atoms with Crippen molar-refractivity contribution in [3.63, 3.8) is 0 Å². The van der Waals surface area contributed by atoms with E-state index in [0.717, 1.165) is 22.1 Å². The summed E-state index contributed by atoms with van der Waals surface area (Å²) in [5, 5.41) is 8.77. The van der Waals surface area contributed by atoms with Crippen LogP contribution in [0.5, 0.6) is 0 Å². The van der Waals surface area contributed by atoms with E-state index in [1.54, 1.807) is 6.92 Å². The molecule has 3 aromatic rings. The number of anilines is 1. The van der Waals surface area contributed by atoms with E-state index in [9.17, 15) is 18.8 Å². The van der Waals surface area contributed by atoms with E-state index in [0.29, 0.717) is 0 Å². The molecule has 2 aromatic heterocycles. The third kappa shape index (κ3) is 3.78. The summed E-state index contributed by atoms with van der Waals surface area (Å²) in [4.78, 5) is 37.3. The van der Waals surface area contributed by atoms with Crippen LogP contribution in [-0.2, 0) is 14.3 Å². The van der Waals surface area contributed by atoms with Gasteiger partial charge in [-0.25, -0.2) is 9.18 Å². The van der Waals surface area contributed by atoms with Gasteiger partial charge in [-0.1, -0.05) is 6.07 Å². The summed E-state index contributed by atoms with van der Waals surface area (Å²) < 4.78 is 24.4. The third-order valence-electron chi connectivity index (χ3n) is 3.70. The molecule has 0 unspecified atom stereocenters. The molecular weight excluding hydrogens is 389 g/mol. The number of hydrogen-bond donors (Lipinski definition) is 1. The SMILES string of the molecule is CCOC(=O)c1nn(-c2cccc(F)c2)c(=O)c2c(NC(=O)COC)scc12. The normalized spacial score (nSPS) is 10.8. The minimum atomic E-state index is -0.731. The smallest absolute Gasteiger partial charge is 0.359 e. The van der Waals surface area contributed by atoms with E-state index in [2.05, 4.69) is 10.4 Å². The van der Waals surface area contributed by atoms with Crippen molar-refractivity contribution in [2.24, 2.45) is 0 Å². The van der Waals surface area contributed by atoms with Gasteiger partial charge in [0.1, 0.15) is 17.4 Å². The Labute approximate surface area is 162 Å². The number of nitrogens with one attached hydrogen (secondary N) is 1. The van der Waals surface area contributed by atoms with Crippen molar-refractivity contribution < 1.29 is 23.5 Å². The molecule has 1 amide bonds. The van der Waals surface area contributed by atoms with Crippen LogP contribution >= 0.6 is 11.3 Å². The van der Waals surface area contributed by atoms with Gasteiger partial charge in [-0.2, -0.15) is 9.78 Å². The molecule has 1 aromatic carbocycles. The zero-order valence-corrected chi connectivity index (χ0v) is 15.8. The van der Waals surface area contributed by atoms with Crippen LogP contribution in [-0.4, -0.2) is 42.0 Å². The monoisotopic (exact) mass is 405 g/mol. The largest absolute Gasteiger partial charge is 0.461 e. The number of rotatable bonds is 6. The number of ether oxygens (including phenoxy) is 2. The fourth-order valence-electron chi connectivity index (χ4n) is 2.57. The first kappa shape index (κ1) is 19.6. The highest BCUT2D eigenvalue weighted by Crippen LogP contribution is 2.30. The molecule has 146 valence electrons. The topological polar surface area (TPSA) is 99.5 Å². The molecule has 2 heterocycles. The average Bonchev–Trinajstić information content (AvgIpc) is 3.06. The van der Waals surface area contributed by atoms with Gasteiger partial charge in [0.15, 0.2) is 5.69 Å². The molecule has 0 saturated carbocycles. The summed E-state index contributed by atoms with van der Waals surface area (Å²) in [7, 11) is 1.37. The Morgan fingerprint density at radius 2 is 2.14 bits per heavy atom. The minimum Gasteiger partial charge on any atom is -0.461 e. The molecule has 0 bridgehead atoms. The predicted octanol–water partition coefficient (Wildman–Crippen LogP) is 2.35. The van der Waals surface area contributed by atoms with Crippen LogP contribution in [0, 0.1) is 5.82 Å². The van der Waals surface area contributed by atoms with Crippen molar-refractivity contribution in [2.75, 3.05) is 25.6 Å². The Bertz CT molecular complexity index is 1110. The van der Waals surface area contributed by atoms with E-state index in [1.165, 1.54) is 30.7 Å². The lowest BCUT2D eigenvalue weighted by Gasteiger charge is -2.10. The summed E-state index contributed by atoms with van der Waals surface area (Å²) in [6, 6.07) is 5.24. The Kier molecular flexibility index (Phi) is 5.81. The Hall–Kier alpha value is -3.11. The predicted molar refractivity (Wildman–Crippen MR) is 102 cm³/mol. The van der Waals surface area contributed by atoms with Gasteiger partial charge >= 0.3 is 5.97 Å². The molecule has 0 radical (unpaired) electrons. The number of amides is 1. The number of hydrogen-bond acceptors (Lipinski definition) is 7. The van der Waals surface area contributed by atoms with Crippen molar-refractivity contribution in [1.29, 1.82) is 0 Å². The zero-order chi connectivity index (χ0) is 20.3. The maximum atomic E-state index is 13.7. The van der Waals surface area contributed by atoms with Gasteiger partial charge in [0.05, 0.1) is 17.7 Å². The fourth-order valence-corrected chi connectivity index (χ4v) is 3.52. The standard InChI is InChI=1S/C18H16FN3O5S/c1-3-27-18(25)15-12-9-28-16(20-13(23)8-26-2)14(12)17(24)22(21-15)11-6-4-5-10(19)7-11/h4-7,9H,3,8H2,1-2H3,(H,20,23). The van der Waals surface area contributed by atoms with E-state index >= 15 is 0 Å². The molecule has 3 rings (SSSR count). The number of esters is 1. The second kappa shape index (κ2) is 8.28. The highest BCUT2D eigenvalue weighted by atomic mass is 32.1. The lowest BCUT2D eigenvalue weighted by atomic mass is 10.2. The first-order chi connectivity index (χ1) is 13.5. The van der Waals surface area contributed by atoms with Crippen LogP contribution in [0.2, 0.25) is 0 Å². The molecule has 0 aliphatic rings. The lowest BCUT2D eigenvalue weighted by molar-refractivity contribution is -0.119. The molecular formula is C18H16FN3O5S. The minimum absolute atomic E-state index is 0.0803. The van der Waals surface area contributed by atoms with Gasteiger partial charge in [0.2, 0.25) is 0 Å². The number of fused-ring (bicyclic) bond motifs is 1. The average molecular weight is 405 g/mol. The summed E-state index contributed by atoms with van der Waals surface area (Å²) >= 11 is 1.07. The maximum Gasteiger partial charge on any atom is 0.359 e. The first-order valence-corrected chi connectivity index (χ1v) is 9.10. The highest BCUT2D eigenvalue weighted by Gasteiger charge is 2.23. The third-order valence-corrected chi connectivity index (χ3v) is 4.60. The van der Waals surface area contributed by atoms with Gasteiger partial charge < -0.3 is 14.8 Å². The van der Waals surface area contributed by atoms with Crippen LogP contribution in [0.15, 0.2) is 34.4 Å². The molecule has 1 N–H and O–H groups in total. The Balaban J connectivity index is 2.26. The van der Waals surface area contributed by atoms with Crippen LogP contribution in [0.3, 0.4) is 0 Å². The van der Waals surface area contributed by atoms with Crippen LogP contribution in [0.25, 0.3) is 16.5 Å². The number of carbonyl (C=O) groups is 2. The fraction of sp³-hybridized carbons (Fsp3) is 0.222. The number of aromatic nitrogens is 2. The summed E-state index contributed by atoms with van der Waals surface area (Å²) in [6.45, 7) is 1.55. The van der Waals surface area contributed by atoms with Crippen molar-refractivity contribution in [3.05, 3.63) is 51.5 Å². The zero-order valence-electron chi connectivity index (χ0n) is 15.0. The van der Waals surface area contributed by atoms with Crippen molar-refractivity contribution >= 4 is 39.0 Å². The summed E-state index contributed by atoms with van der Waals surface area (Å²) in [5.74, 6) is -1.76. The number of nitrogens with zero attached hydrogens (tertiary/aromatic N) is 2. The van der Waals surface area contributed by atoms with Crippen LogP contribution in [0.4, 0.5) is 9.39 Å². The maximum absolute atomic E-state index is 13.7. The molecule has 0 fully saturated rings. The van der Waals surface area contributed by atoms with Crippen LogP contribution in [0.1, 0.15) is 17.4 Å². The second-order valence-electron chi connectivity index (χ2n) is 5.60. The quantitative estimate of drug-likeness (QED) is 0.632. The summed E-state index contributed by atoms with van der Waals surface area (Å²) in [6.07, 6.45) is 0. The van der Waals surface area contributed by atoms with Gasteiger partial charge in [-0.15, -0.1) is 11.3 Å². The molecule has 0 aliphatic carbocycles. The molecule has 28 heavy (non-hydrogen) atoms. The van der Waals surface area contributed by atoms with E-state index in [-0.39, 0.29) is 40.4 Å².